The van der Waals surface area contributed by atoms with Crippen LogP contribution in [0.4, 0.5) is 0 Å². The predicted molar refractivity (Wildman–Crippen MR) is 97.0 cm³/mol. The number of phenolic OH excluding ortho intramolecular Hbond substituents is 1. The molecule has 140 valence electrons. The Bertz CT molecular complexity index is 589. The Hall–Kier alpha value is -1.59. The number of rotatable bonds is 6. The van der Waals surface area contributed by atoms with E-state index < -0.39 is 11.6 Å². The zero-order valence-electron chi connectivity index (χ0n) is 15.4. The van der Waals surface area contributed by atoms with Gasteiger partial charge >= 0.3 is 0 Å². The largest absolute Gasteiger partial charge is 0.508 e. The highest BCUT2D eigenvalue weighted by molar-refractivity contribution is 5.86. The van der Waals surface area contributed by atoms with Gasteiger partial charge in [0.15, 0.2) is 0 Å². The molecule has 0 aliphatic heterocycles. The van der Waals surface area contributed by atoms with Gasteiger partial charge < -0.3 is 20.6 Å². The molecular weight excluding hydrogens is 318 g/mol. The van der Waals surface area contributed by atoms with Crippen LogP contribution in [0.25, 0.3) is 0 Å². The minimum atomic E-state index is -1.39. The van der Waals surface area contributed by atoms with Gasteiger partial charge in [0.2, 0.25) is 0 Å². The van der Waals surface area contributed by atoms with Crippen molar-refractivity contribution in [3.63, 3.8) is 0 Å². The van der Waals surface area contributed by atoms with Gasteiger partial charge in [0, 0.05) is 6.61 Å². The number of nitrogens with one attached hydrogen (secondary N) is 1. The second kappa shape index (κ2) is 8.19. The Labute approximate surface area is 150 Å². The molecular formula is C20H31NO4. The van der Waals surface area contributed by atoms with Crippen LogP contribution in [-0.4, -0.2) is 33.4 Å². The second-order valence-corrected chi connectivity index (χ2v) is 7.79. The quantitative estimate of drug-likeness (QED) is 0.636. The van der Waals surface area contributed by atoms with Crippen molar-refractivity contribution >= 4 is 5.91 Å². The summed E-state index contributed by atoms with van der Waals surface area (Å²) in [6.45, 7) is 6.05. The lowest BCUT2D eigenvalue weighted by atomic mass is 9.66. The van der Waals surface area contributed by atoms with E-state index in [9.17, 15) is 20.1 Å². The smallest absolute Gasteiger partial charge is 0.252 e. The van der Waals surface area contributed by atoms with E-state index >= 15 is 0 Å². The summed E-state index contributed by atoms with van der Waals surface area (Å²) in [6.07, 6.45) is 2.63. The number of hydrogen-bond donors (Lipinski definition) is 4. The molecule has 0 heterocycles. The minimum Gasteiger partial charge on any atom is -0.508 e. The summed E-state index contributed by atoms with van der Waals surface area (Å²) in [5.74, 6) is 0.157. The second-order valence-electron chi connectivity index (χ2n) is 7.79. The molecule has 0 saturated heterocycles. The van der Waals surface area contributed by atoms with Gasteiger partial charge in [-0.3, -0.25) is 4.79 Å². The number of aliphatic hydroxyl groups excluding tert-OH is 1. The highest BCUT2D eigenvalue weighted by atomic mass is 16.3. The van der Waals surface area contributed by atoms with E-state index in [4.69, 9.17) is 0 Å². The lowest BCUT2D eigenvalue weighted by Crippen LogP contribution is -2.56. The summed E-state index contributed by atoms with van der Waals surface area (Å²) in [5, 5.41) is 33.2. The van der Waals surface area contributed by atoms with E-state index in [-0.39, 0.29) is 30.1 Å². The molecule has 0 radical (unpaired) electrons. The molecule has 1 saturated carbocycles. The molecule has 25 heavy (non-hydrogen) atoms. The van der Waals surface area contributed by atoms with Crippen LogP contribution in [0.1, 0.15) is 58.1 Å². The van der Waals surface area contributed by atoms with E-state index in [0.717, 1.165) is 18.4 Å². The van der Waals surface area contributed by atoms with Crippen molar-refractivity contribution in [2.45, 2.75) is 58.1 Å². The molecule has 1 fully saturated rings. The third-order valence-corrected chi connectivity index (χ3v) is 5.44. The zero-order chi connectivity index (χ0) is 18.6. The van der Waals surface area contributed by atoms with Crippen molar-refractivity contribution in [3.8, 4) is 5.75 Å². The van der Waals surface area contributed by atoms with Gasteiger partial charge in [0.05, 0.1) is 6.04 Å². The fraction of sp³-hybridized carbons (Fsp3) is 0.650. The van der Waals surface area contributed by atoms with E-state index in [0.29, 0.717) is 18.8 Å². The van der Waals surface area contributed by atoms with Crippen LogP contribution < -0.4 is 5.32 Å². The molecule has 1 aromatic carbocycles. The van der Waals surface area contributed by atoms with E-state index in [1.807, 2.05) is 13.8 Å². The molecule has 1 aliphatic rings. The van der Waals surface area contributed by atoms with Crippen LogP contribution in [0.15, 0.2) is 24.3 Å². The van der Waals surface area contributed by atoms with E-state index in [2.05, 4.69) is 12.2 Å². The van der Waals surface area contributed by atoms with Crippen LogP contribution in [0.2, 0.25) is 0 Å². The lowest BCUT2D eigenvalue weighted by Gasteiger charge is -2.44. The maximum atomic E-state index is 13.0. The van der Waals surface area contributed by atoms with Gasteiger partial charge in [-0.25, -0.2) is 0 Å². The number of aromatic hydroxyl groups is 1. The van der Waals surface area contributed by atoms with Crippen molar-refractivity contribution in [1.82, 2.24) is 5.32 Å². The Morgan fingerprint density at radius 1 is 1.36 bits per heavy atom. The molecule has 5 heteroatoms. The molecule has 4 N–H and O–H groups in total. The first-order chi connectivity index (χ1) is 11.8. The average Bonchev–Trinajstić information content (AvgIpc) is 2.53. The van der Waals surface area contributed by atoms with Gasteiger partial charge in [-0.05, 0) is 54.7 Å². The third kappa shape index (κ3) is 4.53. The maximum absolute atomic E-state index is 13.0. The lowest BCUT2D eigenvalue weighted by molar-refractivity contribution is -0.156. The molecule has 0 spiro atoms. The van der Waals surface area contributed by atoms with Crippen molar-refractivity contribution < 1.29 is 20.1 Å². The first-order valence-corrected chi connectivity index (χ1v) is 9.21. The number of amides is 1. The number of benzene rings is 1. The van der Waals surface area contributed by atoms with Gasteiger partial charge in [0.1, 0.15) is 11.4 Å². The summed E-state index contributed by atoms with van der Waals surface area (Å²) in [6, 6.07) is 6.20. The van der Waals surface area contributed by atoms with Crippen molar-refractivity contribution in [1.29, 1.82) is 0 Å². The topological polar surface area (TPSA) is 89.8 Å². The predicted octanol–water partition coefficient (Wildman–Crippen LogP) is 2.76. The van der Waals surface area contributed by atoms with Crippen molar-refractivity contribution in [2.75, 3.05) is 6.61 Å². The molecule has 5 nitrogen and oxygen atoms in total. The molecule has 0 aromatic heterocycles. The molecule has 0 bridgehead atoms. The molecule has 1 amide bonds. The number of carbonyl (C=O) groups is 1. The highest BCUT2D eigenvalue weighted by Gasteiger charge is 2.48. The van der Waals surface area contributed by atoms with Gasteiger partial charge in [0.25, 0.3) is 5.91 Å². The van der Waals surface area contributed by atoms with Crippen LogP contribution in [-0.2, 0) is 4.79 Å². The molecule has 1 unspecified atom stereocenters. The van der Waals surface area contributed by atoms with Crippen LogP contribution in [0.3, 0.4) is 0 Å². The summed E-state index contributed by atoms with van der Waals surface area (Å²) >= 11 is 0. The maximum Gasteiger partial charge on any atom is 0.252 e. The summed E-state index contributed by atoms with van der Waals surface area (Å²) < 4.78 is 0. The first-order valence-electron chi connectivity index (χ1n) is 9.21. The molecule has 2 rings (SSSR count). The summed E-state index contributed by atoms with van der Waals surface area (Å²) in [7, 11) is 0. The number of phenols is 1. The fourth-order valence-corrected chi connectivity index (χ4v) is 4.11. The Balaban J connectivity index is 2.23. The summed E-state index contributed by atoms with van der Waals surface area (Å²) in [4.78, 5) is 13.0. The van der Waals surface area contributed by atoms with Crippen molar-refractivity contribution in [2.24, 2.45) is 17.8 Å². The van der Waals surface area contributed by atoms with Gasteiger partial charge in [-0.2, -0.15) is 0 Å². The Kier molecular flexibility index (Phi) is 6.47. The number of carbonyl (C=O) groups excluding carboxylic acids is 1. The highest BCUT2D eigenvalue weighted by Crippen LogP contribution is 2.41. The van der Waals surface area contributed by atoms with E-state index in [1.165, 1.54) is 0 Å². The van der Waals surface area contributed by atoms with Gasteiger partial charge in [-0.15, -0.1) is 0 Å². The Morgan fingerprint density at radius 2 is 2.08 bits per heavy atom. The molecule has 1 aromatic rings. The molecule has 4 atom stereocenters. The standard InChI is InChI=1S/C20H31NO4/c1-13(2)17-8-7-14(3)12-20(17,25)19(24)21-18(9-10-22)15-5-4-6-16(23)11-15/h4-6,11,13-14,17-18,22-23,25H,7-10,12H2,1-3H3,(H,21,24)/t14-,17+,18?,20+/m1/s1. The Morgan fingerprint density at radius 3 is 2.68 bits per heavy atom. The average molecular weight is 349 g/mol. The normalized spacial score (nSPS) is 27.9. The number of hydrogen-bond acceptors (Lipinski definition) is 4. The zero-order valence-corrected chi connectivity index (χ0v) is 15.4. The monoisotopic (exact) mass is 349 g/mol. The van der Waals surface area contributed by atoms with Gasteiger partial charge in [-0.1, -0.05) is 39.3 Å². The third-order valence-electron chi connectivity index (χ3n) is 5.44. The van der Waals surface area contributed by atoms with Crippen LogP contribution >= 0.6 is 0 Å². The number of aliphatic hydroxyl groups is 2. The minimum absolute atomic E-state index is 0.0809. The summed E-state index contributed by atoms with van der Waals surface area (Å²) in [5.41, 5.74) is -0.674. The van der Waals surface area contributed by atoms with E-state index in [1.54, 1.807) is 24.3 Å². The molecule has 1 aliphatic carbocycles. The first kappa shape index (κ1) is 19.7. The van der Waals surface area contributed by atoms with Crippen LogP contribution in [0, 0.1) is 17.8 Å². The SMILES string of the molecule is CC(C)[C@@H]1CC[C@@H](C)C[C@@]1(O)C(=O)NC(CCO)c1cccc(O)c1. The fourth-order valence-electron chi connectivity index (χ4n) is 4.11. The van der Waals surface area contributed by atoms with Crippen molar-refractivity contribution in [3.05, 3.63) is 29.8 Å². The van der Waals surface area contributed by atoms with Crippen LogP contribution in [0.5, 0.6) is 5.75 Å².